The molecule has 2 heterocycles. The first-order valence-electron chi connectivity index (χ1n) is 7.68. The number of rotatable bonds is 3. The van der Waals surface area contributed by atoms with Crippen LogP contribution < -0.4 is 15.4 Å². The normalized spacial score (nSPS) is 15.4. The molecular formula is C16H22N6O. The third-order valence-corrected chi connectivity index (χ3v) is 3.91. The molecule has 1 aromatic heterocycles. The summed E-state index contributed by atoms with van der Waals surface area (Å²) in [6.45, 7) is 7.69. The van der Waals surface area contributed by atoms with Crippen LogP contribution in [0.5, 0.6) is 5.75 Å². The first-order valence-corrected chi connectivity index (χ1v) is 7.68. The SMILES string of the molecule is COc1ccc2nc(NC3=NCN(C(C)C)CN3)nc(C)c2c1. The van der Waals surface area contributed by atoms with E-state index in [9.17, 15) is 0 Å². The van der Waals surface area contributed by atoms with E-state index in [0.717, 1.165) is 29.0 Å². The van der Waals surface area contributed by atoms with Gasteiger partial charge in [-0.05, 0) is 39.0 Å². The number of methoxy groups -OCH3 is 1. The molecule has 0 fully saturated rings. The Kier molecular flexibility index (Phi) is 4.29. The monoisotopic (exact) mass is 314 g/mol. The van der Waals surface area contributed by atoms with Crippen LogP contribution in [-0.4, -0.2) is 47.3 Å². The van der Waals surface area contributed by atoms with E-state index in [1.807, 2.05) is 25.1 Å². The second kappa shape index (κ2) is 6.37. The van der Waals surface area contributed by atoms with Gasteiger partial charge in [-0.25, -0.2) is 15.0 Å². The van der Waals surface area contributed by atoms with Gasteiger partial charge >= 0.3 is 0 Å². The number of hydrogen-bond acceptors (Lipinski definition) is 7. The molecule has 1 aliphatic rings. The van der Waals surface area contributed by atoms with E-state index < -0.39 is 0 Å². The molecule has 122 valence electrons. The van der Waals surface area contributed by atoms with Crippen molar-refractivity contribution < 1.29 is 4.74 Å². The Morgan fingerprint density at radius 1 is 1.30 bits per heavy atom. The van der Waals surface area contributed by atoms with Crippen molar-refractivity contribution in [2.45, 2.75) is 26.8 Å². The molecule has 0 atom stereocenters. The number of ether oxygens (including phenoxy) is 1. The lowest BCUT2D eigenvalue weighted by molar-refractivity contribution is 0.214. The van der Waals surface area contributed by atoms with E-state index in [0.29, 0.717) is 24.6 Å². The van der Waals surface area contributed by atoms with Crippen molar-refractivity contribution >= 4 is 22.8 Å². The number of guanidine groups is 1. The molecule has 1 aromatic carbocycles. The van der Waals surface area contributed by atoms with E-state index in [4.69, 9.17) is 4.74 Å². The Balaban J connectivity index is 1.81. The van der Waals surface area contributed by atoms with E-state index in [1.165, 1.54) is 0 Å². The molecule has 0 unspecified atom stereocenters. The summed E-state index contributed by atoms with van der Waals surface area (Å²) in [5.41, 5.74) is 1.78. The van der Waals surface area contributed by atoms with Crippen molar-refractivity contribution in [3.05, 3.63) is 23.9 Å². The van der Waals surface area contributed by atoms with Gasteiger partial charge in [0, 0.05) is 11.4 Å². The van der Waals surface area contributed by atoms with Gasteiger partial charge in [0.25, 0.3) is 0 Å². The highest BCUT2D eigenvalue weighted by atomic mass is 16.5. The standard InChI is InChI=1S/C16H22N6O/c1-10(2)22-8-17-15(18-9-22)21-16-19-11(3)13-7-12(23-4)5-6-14(13)20-16/h5-7,10H,8-9H2,1-4H3,(H2,17,18,19,20,21). The highest BCUT2D eigenvalue weighted by Crippen LogP contribution is 2.22. The van der Waals surface area contributed by atoms with Gasteiger partial charge in [-0.3, -0.25) is 10.2 Å². The third-order valence-electron chi connectivity index (χ3n) is 3.91. The summed E-state index contributed by atoms with van der Waals surface area (Å²) in [6, 6.07) is 6.24. The van der Waals surface area contributed by atoms with Crippen molar-refractivity contribution in [3.8, 4) is 5.75 Å². The van der Waals surface area contributed by atoms with E-state index >= 15 is 0 Å². The largest absolute Gasteiger partial charge is 0.497 e. The number of aromatic nitrogens is 2. The molecule has 2 aromatic rings. The predicted molar refractivity (Wildman–Crippen MR) is 91.7 cm³/mol. The van der Waals surface area contributed by atoms with Gasteiger partial charge in [-0.15, -0.1) is 0 Å². The molecule has 7 heteroatoms. The topological polar surface area (TPSA) is 74.7 Å². The Hall–Kier alpha value is -2.41. The Morgan fingerprint density at radius 3 is 2.78 bits per heavy atom. The molecule has 0 radical (unpaired) electrons. The number of anilines is 1. The number of aliphatic imine (C=N–C) groups is 1. The minimum absolute atomic E-state index is 0.460. The maximum Gasteiger partial charge on any atom is 0.230 e. The van der Waals surface area contributed by atoms with Crippen LogP contribution in [-0.2, 0) is 0 Å². The number of hydrogen-bond donors (Lipinski definition) is 2. The molecule has 0 saturated carbocycles. The van der Waals surface area contributed by atoms with Crippen LogP contribution in [0.1, 0.15) is 19.5 Å². The van der Waals surface area contributed by atoms with Crippen LogP contribution in [0.2, 0.25) is 0 Å². The molecule has 7 nitrogen and oxygen atoms in total. The number of benzene rings is 1. The maximum atomic E-state index is 5.25. The van der Waals surface area contributed by atoms with E-state index in [-0.39, 0.29) is 0 Å². The molecule has 0 spiro atoms. The lowest BCUT2D eigenvalue weighted by atomic mass is 10.2. The Bertz CT molecular complexity index is 743. The van der Waals surface area contributed by atoms with Gasteiger partial charge in [0.05, 0.1) is 31.7 Å². The molecule has 0 bridgehead atoms. The molecule has 1 aliphatic heterocycles. The van der Waals surface area contributed by atoms with Crippen molar-refractivity contribution in [1.82, 2.24) is 20.2 Å². The van der Waals surface area contributed by atoms with Crippen LogP contribution in [0, 0.1) is 6.92 Å². The number of nitrogens with one attached hydrogen (secondary N) is 2. The Morgan fingerprint density at radius 2 is 2.13 bits per heavy atom. The zero-order chi connectivity index (χ0) is 16.4. The van der Waals surface area contributed by atoms with E-state index in [1.54, 1.807) is 7.11 Å². The van der Waals surface area contributed by atoms with Crippen LogP contribution in [0.4, 0.5) is 5.95 Å². The summed E-state index contributed by atoms with van der Waals surface area (Å²) < 4.78 is 5.25. The average molecular weight is 314 g/mol. The molecule has 0 amide bonds. The van der Waals surface area contributed by atoms with Crippen LogP contribution in [0.25, 0.3) is 10.9 Å². The lowest BCUT2D eigenvalue weighted by Gasteiger charge is -2.29. The smallest absolute Gasteiger partial charge is 0.230 e. The lowest BCUT2D eigenvalue weighted by Crippen LogP contribution is -2.48. The van der Waals surface area contributed by atoms with Crippen molar-refractivity contribution in [3.63, 3.8) is 0 Å². The Labute approximate surface area is 135 Å². The fourth-order valence-corrected chi connectivity index (χ4v) is 2.42. The quantitative estimate of drug-likeness (QED) is 0.902. The van der Waals surface area contributed by atoms with Crippen molar-refractivity contribution in [2.75, 3.05) is 25.8 Å². The van der Waals surface area contributed by atoms with Crippen LogP contribution >= 0.6 is 0 Å². The molecule has 0 saturated heterocycles. The highest BCUT2D eigenvalue weighted by Gasteiger charge is 2.15. The second-order valence-electron chi connectivity index (χ2n) is 5.81. The predicted octanol–water partition coefficient (Wildman–Crippen LogP) is 1.94. The van der Waals surface area contributed by atoms with E-state index in [2.05, 4.69) is 44.3 Å². The van der Waals surface area contributed by atoms with Gasteiger partial charge in [0.1, 0.15) is 5.75 Å². The minimum Gasteiger partial charge on any atom is -0.497 e. The molecule has 3 rings (SSSR count). The summed E-state index contributed by atoms with van der Waals surface area (Å²) in [4.78, 5) is 15.8. The molecular weight excluding hydrogens is 292 g/mol. The molecule has 0 aliphatic carbocycles. The second-order valence-corrected chi connectivity index (χ2v) is 5.81. The molecule has 2 N–H and O–H groups in total. The zero-order valence-corrected chi connectivity index (χ0v) is 13.9. The van der Waals surface area contributed by atoms with Gasteiger partial charge in [0.2, 0.25) is 11.9 Å². The molecule has 23 heavy (non-hydrogen) atoms. The van der Waals surface area contributed by atoms with Crippen molar-refractivity contribution in [1.29, 1.82) is 0 Å². The number of fused-ring (bicyclic) bond motifs is 1. The van der Waals surface area contributed by atoms with Gasteiger partial charge in [-0.2, -0.15) is 0 Å². The number of nitrogens with zero attached hydrogens (tertiary/aromatic N) is 4. The summed E-state index contributed by atoms with van der Waals surface area (Å²) in [6.07, 6.45) is 0. The van der Waals surface area contributed by atoms with Gasteiger partial charge in [0.15, 0.2) is 0 Å². The maximum absolute atomic E-state index is 5.25. The summed E-state index contributed by atoms with van der Waals surface area (Å²) >= 11 is 0. The van der Waals surface area contributed by atoms with Crippen LogP contribution in [0.15, 0.2) is 23.2 Å². The number of aryl methyl sites for hydroxylation is 1. The van der Waals surface area contributed by atoms with Gasteiger partial charge < -0.3 is 10.1 Å². The first-order chi connectivity index (χ1) is 11.1. The summed E-state index contributed by atoms with van der Waals surface area (Å²) in [5.74, 6) is 2.05. The fraction of sp³-hybridized carbons (Fsp3) is 0.438. The minimum atomic E-state index is 0.460. The summed E-state index contributed by atoms with van der Waals surface area (Å²) in [7, 11) is 1.65. The van der Waals surface area contributed by atoms with Crippen LogP contribution in [0.3, 0.4) is 0 Å². The highest BCUT2D eigenvalue weighted by molar-refractivity contribution is 5.93. The van der Waals surface area contributed by atoms with Crippen molar-refractivity contribution in [2.24, 2.45) is 4.99 Å². The van der Waals surface area contributed by atoms with Gasteiger partial charge in [-0.1, -0.05) is 0 Å². The zero-order valence-electron chi connectivity index (χ0n) is 13.9. The first kappa shape index (κ1) is 15.5. The average Bonchev–Trinajstić information content (AvgIpc) is 2.55. The summed E-state index contributed by atoms with van der Waals surface area (Å²) in [5, 5.41) is 7.40. The fourth-order valence-electron chi connectivity index (χ4n) is 2.42. The third kappa shape index (κ3) is 3.34.